The molecule has 1 amide bonds. The van der Waals surface area contributed by atoms with E-state index in [0.717, 1.165) is 10.0 Å². The van der Waals surface area contributed by atoms with E-state index in [2.05, 4.69) is 21.2 Å². The van der Waals surface area contributed by atoms with Crippen LogP contribution in [-0.4, -0.2) is 20.1 Å². The number of hydrogen-bond acceptors (Lipinski definition) is 3. The van der Waals surface area contributed by atoms with E-state index in [1.165, 1.54) is 6.08 Å². The predicted octanol–water partition coefficient (Wildman–Crippen LogP) is 4.12. The summed E-state index contributed by atoms with van der Waals surface area (Å²) >= 11 is 3.39. The maximum absolute atomic E-state index is 12.0. The minimum absolute atomic E-state index is 0.233. The summed E-state index contributed by atoms with van der Waals surface area (Å²) in [7, 11) is 3.12. The van der Waals surface area contributed by atoms with Crippen molar-refractivity contribution in [2.75, 3.05) is 19.5 Å². The molecule has 114 valence electrons. The lowest BCUT2D eigenvalue weighted by Gasteiger charge is -2.10. The third-order valence-electron chi connectivity index (χ3n) is 2.94. The van der Waals surface area contributed by atoms with Gasteiger partial charge in [-0.05, 0) is 35.9 Å². The highest BCUT2D eigenvalue weighted by Crippen LogP contribution is 2.29. The van der Waals surface area contributed by atoms with Crippen molar-refractivity contribution in [3.8, 4) is 11.5 Å². The van der Waals surface area contributed by atoms with Crippen molar-refractivity contribution in [2.24, 2.45) is 0 Å². The summed E-state index contributed by atoms with van der Waals surface area (Å²) in [5, 5.41) is 2.78. The molecule has 2 aromatic rings. The van der Waals surface area contributed by atoms with Crippen LogP contribution in [0.5, 0.6) is 11.5 Å². The molecule has 0 spiro atoms. The Morgan fingerprint density at radius 3 is 2.64 bits per heavy atom. The molecule has 0 radical (unpaired) electrons. The number of rotatable bonds is 5. The lowest BCUT2D eigenvalue weighted by molar-refractivity contribution is -0.111. The molecule has 0 aliphatic rings. The lowest BCUT2D eigenvalue weighted by Crippen LogP contribution is -2.08. The normalized spacial score (nSPS) is 10.5. The topological polar surface area (TPSA) is 47.6 Å². The second-order valence-corrected chi connectivity index (χ2v) is 5.36. The Labute approximate surface area is 137 Å². The van der Waals surface area contributed by atoms with Gasteiger partial charge in [0.1, 0.15) is 11.5 Å². The van der Waals surface area contributed by atoms with Crippen molar-refractivity contribution in [3.63, 3.8) is 0 Å². The molecule has 22 heavy (non-hydrogen) atoms. The average Bonchev–Trinajstić information content (AvgIpc) is 2.53. The van der Waals surface area contributed by atoms with Crippen molar-refractivity contribution >= 4 is 33.6 Å². The first-order chi connectivity index (χ1) is 10.6. The van der Waals surface area contributed by atoms with Gasteiger partial charge in [0.25, 0.3) is 0 Å². The maximum atomic E-state index is 12.0. The summed E-state index contributed by atoms with van der Waals surface area (Å²) in [5.74, 6) is 0.978. The summed E-state index contributed by atoms with van der Waals surface area (Å²) < 4.78 is 11.3. The zero-order valence-electron chi connectivity index (χ0n) is 12.3. The zero-order valence-corrected chi connectivity index (χ0v) is 13.9. The molecular formula is C17H16BrNO3. The molecule has 1 N–H and O–H groups in total. The fourth-order valence-electron chi connectivity index (χ4n) is 1.86. The minimum atomic E-state index is -0.233. The highest BCUT2D eigenvalue weighted by atomic mass is 79.9. The maximum Gasteiger partial charge on any atom is 0.248 e. The molecule has 0 saturated heterocycles. The fourth-order valence-corrected chi connectivity index (χ4v) is 2.28. The molecule has 0 bridgehead atoms. The quantitative estimate of drug-likeness (QED) is 0.814. The van der Waals surface area contributed by atoms with Gasteiger partial charge >= 0.3 is 0 Å². The standard InChI is InChI=1S/C17H16BrNO3/c1-21-14-7-8-15(16(11-14)22-2)19-17(20)9-6-12-4-3-5-13(18)10-12/h3-11H,1-2H3,(H,19,20). The largest absolute Gasteiger partial charge is 0.497 e. The predicted molar refractivity (Wildman–Crippen MR) is 91.4 cm³/mol. The van der Waals surface area contributed by atoms with Gasteiger partial charge in [-0.2, -0.15) is 0 Å². The summed E-state index contributed by atoms with van der Waals surface area (Å²) in [5.41, 5.74) is 1.53. The Bertz CT molecular complexity index is 698. The Kier molecular flexibility index (Phi) is 5.61. The van der Waals surface area contributed by atoms with Crippen molar-refractivity contribution in [2.45, 2.75) is 0 Å². The molecule has 0 unspecified atom stereocenters. The number of ether oxygens (including phenoxy) is 2. The first-order valence-electron chi connectivity index (χ1n) is 6.59. The van der Waals surface area contributed by atoms with E-state index in [1.54, 1.807) is 38.5 Å². The zero-order chi connectivity index (χ0) is 15.9. The second kappa shape index (κ2) is 7.66. The Hall–Kier alpha value is -2.27. The van der Waals surface area contributed by atoms with E-state index in [1.807, 2.05) is 24.3 Å². The average molecular weight is 362 g/mol. The molecule has 0 fully saturated rings. The van der Waals surface area contributed by atoms with Crippen LogP contribution in [-0.2, 0) is 4.79 Å². The number of amides is 1. The molecule has 0 atom stereocenters. The van der Waals surface area contributed by atoms with E-state index in [9.17, 15) is 4.79 Å². The molecule has 0 heterocycles. The monoisotopic (exact) mass is 361 g/mol. The number of nitrogens with one attached hydrogen (secondary N) is 1. The van der Waals surface area contributed by atoms with Crippen LogP contribution in [0.1, 0.15) is 5.56 Å². The van der Waals surface area contributed by atoms with Gasteiger partial charge in [0.2, 0.25) is 5.91 Å². The van der Waals surface area contributed by atoms with Crippen molar-refractivity contribution in [1.82, 2.24) is 0 Å². The van der Waals surface area contributed by atoms with Crippen LogP contribution in [0.3, 0.4) is 0 Å². The van der Waals surface area contributed by atoms with Gasteiger partial charge in [0, 0.05) is 16.6 Å². The number of carbonyl (C=O) groups excluding carboxylic acids is 1. The number of hydrogen-bond donors (Lipinski definition) is 1. The van der Waals surface area contributed by atoms with Gasteiger partial charge in [-0.15, -0.1) is 0 Å². The smallest absolute Gasteiger partial charge is 0.248 e. The molecular weight excluding hydrogens is 346 g/mol. The fraction of sp³-hybridized carbons (Fsp3) is 0.118. The van der Waals surface area contributed by atoms with Crippen LogP contribution in [0.25, 0.3) is 6.08 Å². The van der Waals surface area contributed by atoms with Crippen LogP contribution in [0.4, 0.5) is 5.69 Å². The van der Waals surface area contributed by atoms with Crippen molar-refractivity contribution in [1.29, 1.82) is 0 Å². The molecule has 0 aromatic heterocycles. The molecule has 0 saturated carbocycles. The van der Waals surface area contributed by atoms with Crippen LogP contribution in [0, 0.1) is 0 Å². The Balaban J connectivity index is 2.09. The first kappa shape index (κ1) is 16.1. The molecule has 2 rings (SSSR count). The van der Waals surface area contributed by atoms with Gasteiger partial charge in [-0.1, -0.05) is 28.1 Å². The Morgan fingerprint density at radius 1 is 1.14 bits per heavy atom. The lowest BCUT2D eigenvalue weighted by atomic mass is 10.2. The summed E-state index contributed by atoms with van der Waals surface area (Å²) in [6.45, 7) is 0. The molecule has 4 nitrogen and oxygen atoms in total. The number of halogens is 1. The van der Waals surface area contributed by atoms with Crippen molar-refractivity contribution < 1.29 is 14.3 Å². The van der Waals surface area contributed by atoms with E-state index < -0.39 is 0 Å². The van der Waals surface area contributed by atoms with Crippen LogP contribution in [0.2, 0.25) is 0 Å². The van der Waals surface area contributed by atoms with E-state index >= 15 is 0 Å². The highest BCUT2D eigenvalue weighted by Gasteiger charge is 2.07. The third-order valence-corrected chi connectivity index (χ3v) is 3.44. The second-order valence-electron chi connectivity index (χ2n) is 4.44. The van der Waals surface area contributed by atoms with Crippen LogP contribution in [0.15, 0.2) is 53.0 Å². The van der Waals surface area contributed by atoms with Crippen molar-refractivity contribution in [3.05, 3.63) is 58.6 Å². The molecule has 0 aliphatic heterocycles. The van der Waals surface area contributed by atoms with Crippen LogP contribution >= 0.6 is 15.9 Å². The summed E-state index contributed by atoms with van der Waals surface area (Å²) in [6, 6.07) is 12.9. The van der Waals surface area contributed by atoms with Gasteiger partial charge in [0.05, 0.1) is 19.9 Å². The third kappa shape index (κ3) is 4.36. The minimum Gasteiger partial charge on any atom is -0.497 e. The molecule has 5 heteroatoms. The van der Waals surface area contributed by atoms with Gasteiger partial charge in [-0.3, -0.25) is 4.79 Å². The SMILES string of the molecule is COc1ccc(NC(=O)C=Cc2cccc(Br)c2)c(OC)c1. The number of methoxy groups -OCH3 is 2. The van der Waals surface area contributed by atoms with Gasteiger partial charge in [0.15, 0.2) is 0 Å². The number of benzene rings is 2. The Morgan fingerprint density at radius 2 is 1.95 bits per heavy atom. The van der Waals surface area contributed by atoms with Gasteiger partial charge < -0.3 is 14.8 Å². The molecule has 2 aromatic carbocycles. The van der Waals surface area contributed by atoms with E-state index in [-0.39, 0.29) is 5.91 Å². The van der Waals surface area contributed by atoms with E-state index in [0.29, 0.717) is 17.2 Å². The molecule has 0 aliphatic carbocycles. The number of anilines is 1. The summed E-state index contributed by atoms with van der Waals surface area (Å²) in [4.78, 5) is 12.0. The first-order valence-corrected chi connectivity index (χ1v) is 7.38. The summed E-state index contributed by atoms with van der Waals surface area (Å²) in [6.07, 6.45) is 3.22. The van der Waals surface area contributed by atoms with E-state index in [4.69, 9.17) is 9.47 Å². The van der Waals surface area contributed by atoms with Crippen LogP contribution < -0.4 is 14.8 Å². The van der Waals surface area contributed by atoms with Gasteiger partial charge in [-0.25, -0.2) is 0 Å². The number of carbonyl (C=O) groups is 1. The highest BCUT2D eigenvalue weighted by molar-refractivity contribution is 9.10.